The maximum atomic E-state index is 12.3. The molecule has 0 aliphatic heterocycles. The third kappa shape index (κ3) is 4.39. The van der Waals surface area contributed by atoms with Crippen molar-refractivity contribution in [2.75, 3.05) is 36.7 Å². The minimum absolute atomic E-state index is 0.177. The summed E-state index contributed by atoms with van der Waals surface area (Å²) in [5.74, 6) is 0.590. The largest absolute Gasteiger partial charge is 0.494 e. The SMILES string of the molecule is CCCOc1ccc(C(=O)Nc2ccc(N(C)C)c(N)c2)cc1. The van der Waals surface area contributed by atoms with Crippen molar-refractivity contribution in [3.8, 4) is 5.75 Å². The van der Waals surface area contributed by atoms with E-state index in [9.17, 15) is 4.79 Å². The lowest BCUT2D eigenvalue weighted by Crippen LogP contribution is -2.14. The third-order valence-electron chi connectivity index (χ3n) is 3.36. The monoisotopic (exact) mass is 313 g/mol. The Labute approximate surface area is 137 Å². The summed E-state index contributed by atoms with van der Waals surface area (Å²) in [4.78, 5) is 14.2. The second-order valence-corrected chi connectivity index (χ2v) is 5.49. The van der Waals surface area contributed by atoms with Gasteiger partial charge >= 0.3 is 0 Å². The van der Waals surface area contributed by atoms with Crippen molar-refractivity contribution >= 4 is 23.0 Å². The van der Waals surface area contributed by atoms with Crippen molar-refractivity contribution in [2.45, 2.75) is 13.3 Å². The fraction of sp³-hybridized carbons (Fsp3) is 0.278. The molecular formula is C18H23N3O2. The lowest BCUT2D eigenvalue weighted by Gasteiger charge is -2.16. The molecule has 5 nitrogen and oxygen atoms in total. The van der Waals surface area contributed by atoms with Gasteiger partial charge in [-0.2, -0.15) is 0 Å². The summed E-state index contributed by atoms with van der Waals surface area (Å²) < 4.78 is 5.51. The first-order chi connectivity index (χ1) is 11.0. The third-order valence-corrected chi connectivity index (χ3v) is 3.36. The van der Waals surface area contributed by atoms with Gasteiger partial charge in [-0.3, -0.25) is 4.79 Å². The molecule has 0 saturated heterocycles. The summed E-state index contributed by atoms with van der Waals surface area (Å²) >= 11 is 0. The topological polar surface area (TPSA) is 67.6 Å². The van der Waals surface area contributed by atoms with E-state index >= 15 is 0 Å². The zero-order valence-electron chi connectivity index (χ0n) is 13.8. The van der Waals surface area contributed by atoms with Crippen LogP contribution in [-0.4, -0.2) is 26.6 Å². The van der Waals surface area contributed by atoms with E-state index in [0.29, 0.717) is 23.5 Å². The van der Waals surface area contributed by atoms with Gasteiger partial charge in [-0.05, 0) is 48.9 Å². The highest BCUT2D eigenvalue weighted by molar-refractivity contribution is 6.04. The van der Waals surface area contributed by atoms with Crippen molar-refractivity contribution in [1.82, 2.24) is 0 Å². The first-order valence-corrected chi connectivity index (χ1v) is 7.62. The van der Waals surface area contributed by atoms with Gasteiger partial charge in [0.2, 0.25) is 0 Å². The zero-order valence-corrected chi connectivity index (χ0v) is 13.8. The van der Waals surface area contributed by atoms with Gasteiger partial charge in [0.1, 0.15) is 5.75 Å². The van der Waals surface area contributed by atoms with Gasteiger partial charge in [-0.25, -0.2) is 0 Å². The number of benzene rings is 2. The highest BCUT2D eigenvalue weighted by atomic mass is 16.5. The molecule has 2 rings (SSSR count). The predicted octanol–water partition coefficient (Wildman–Crippen LogP) is 3.38. The molecule has 0 aromatic heterocycles. The molecule has 0 bridgehead atoms. The Morgan fingerprint density at radius 2 is 1.87 bits per heavy atom. The Hall–Kier alpha value is -2.69. The smallest absolute Gasteiger partial charge is 0.255 e. The summed E-state index contributed by atoms with van der Waals surface area (Å²) in [6, 6.07) is 12.6. The Kier molecular flexibility index (Phi) is 5.46. The van der Waals surface area contributed by atoms with Gasteiger partial charge < -0.3 is 20.7 Å². The number of nitrogen functional groups attached to an aromatic ring is 1. The van der Waals surface area contributed by atoms with Gasteiger partial charge in [-0.1, -0.05) is 6.92 Å². The van der Waals surface area contributed by atoms with E-state index in [2.05, 4.69) is 12.2 Å². The molecule has 0 unspecified atom stereocenters. The fourth-order valence-corrected chi connectivity index (χ4v) is 2.17. The van der Waals surface area contributed by atoms with Gasteiger partial charge in [0.15, 0.2) is 0 Å². The number of hydrogen-bond acceptors (Lipinski definition) is 4. The average molecular weight is 313 g/mol. The van der Waals surface area contributed by atoms with Gasteiger partial charge in [0, 0.05) is 25.3 Å². The van der Waals surface area contributed by atoms with Gasteiger partial charge in [0.25, 0.3) is 5.91 Å². The fourth-order valence-electron chi connectivity index (χ4n) is 2.17. The summed E-state index contributed by atoms with van der Waals surface area (Å²) in [7, 11) is 3.85. The van der Waals surface area contributed by atoms with Gasteiger partial charge in [-0.15, -0.1) is 0 Å². The molecular weight excluding hydrogens is 290 g/mol. The van der Waals surface area contributed by atoms with Crippen LogP contribution < -0.4 is 20.7 Å². The molecule has 0 spiro atoms. The Morgan fingerprint density at radius 3 is 2.43 bits per heavy atom. The van der Waals surface area contributed by atoms with E-state index in [1.54, 1.807) is 30.3 Å². The van der Waals surface area contributed by atoms with Crippen LogP contribution in [0.5, 0.6) is 5.75 Å². The van der Waals surface area contributed by atoms with Crippen LogP contribution in [0.3, 0.4) is 0 Å². The van der Waals surface area contributed by atoms with Crippen molar-refractivity contribution in [3.63, 3.8) is 0 Å². The number of rotatable bonds is 6. The second-order valence-electron chi connectivity index (χ2n) is 5.49. The molecule has 0 atom stereocenters. The first-order valence-electron chi connectivity index (χ1n) is 7.62. The maximum Gasteiger partial charge on any atom is 0.255 e. The highest BCUT2D eigenvalue weighted by Gasteiger charge is 2.08. The van der Waals surface area contributed by atoms with Crippen LogP contribution in [0, 0.1) is 0 Å². The zero-order chi connectivity index (χ0) is 16.8. The number of ether oxygens (including phenoxy) is 1. The minimum atomic E-state index is -0.177. The summed E-state index contributed by atoms with van der Waals surface area (Å²) in [6.07, 6.45) is 0.951. The van der Waals surface area contributed by atoms with E-state index < -0.39 is 0 Å². The number of anilines is 3. The number of carbonyl (C=O) groups excluding carboxylic acids is 1. The van der Waals surface area contributed by atoms with Crippen LogP contribution >= 0.6 is 0 Å². The molecule has 0 aliphatic carbocycles. The van der Waals surface area contributed by atoms with E-state index in [1.165, 1.54) is 0 Å². The van der Waals surface area contributed by atoms with Gasteiger partial charge in [0.05, 0.1) is 18.0 Å². The number of hydrogen-bond donors (Lipinski definition) is 2. The van der Waals surface area contributed by atoms with Crippen molar-refractivity contribution in [2.24, 2.45) is 0 Å². The molecule has 0 heterocycles. The van der Waals surface area contributed by atoms with Crippen LogP contribution in [0.2, 0.25) is 0 Å². The average Bonchev–Trinajstić information content (AvgIpc) is 2.53. The van der Waals surface area contributed by atoms with Crippen molar-refractivity contribution in [1.29, 1.82) is 0 Å². The molecule has 0 aliphatic rings. The standard InChI is InChI=1S/C18H23N3O2/c1-4-11-23-15-8-5-13(6-9-15)18(22)20-14-7-10-17(21(2)3)16(19)12-14/h5-10,12H,4,11,19H2,1-3H3,(H,20,22). The number of carbonyl (C=O) groups is 1. The van der Waals surface area contributed by atoms with Crippen LogP contribution in [0.15, 0.2) is 42.5 Å². The van der Waals surface area contributed by atoms with E-state index in [4.69, 9.17) is 10.5 Å². The second kappa shape index (κ2) is 7.54. The van der Waals surface area contributed by atoms with Crippen LogP contribution in [0.25, 0.3) is 0 Å². The normalized spacial score (nSPS) is 10.2. The lowest BCUT2D eigenvalue weighted by atomic mass is 10.2. The maximum absolute atomic E-state index is 12.3. The molecule has 2 aromatic carbocycles. The van der Waals surface area contributed by atoms with E-state index in [0.717, 1.165) is 17.9 Å². The summed E-state index contributed by atoms with van der Waals surface area (Å²) in [5.41, 5.74) is 8.78. The number of nitrogens with zero attached hydrogens (tertiary/aromatic N) is 1. The molecule has 3 N–H and O–H groups in total. The number of nitrogens with one attached hydrogen (secondary N) is 1. The molecule has 0 fully saturated rings. The Bertz CT molecular complexity index is 666. The molecule has 122 valence electrons. The van der Waals surface area contributed by atoms with E-state index in [1.807, 2.05) is 31.1 Å². The molecule has 23 heavy (non-hydrogen) atoms. The number of amides is 1. The molecule has 5 heteroatoms. The lowest BCUT2D eigenvalue weighted by molar-refractivity contribution is 0.102. The molecule has 2 aromatic rings. The van der Waals surface area contributed by atoms with E-state index in [-0.39, 0.29) is 5.91 Å². The first kappa shape index (κ1) is 16.7. The quantitative estimate of drug-likeness (QED) is 0.802. The van der Waals surface area contributed by atoms with Crippen LogP contribution in [0.1, 0.15) is 23.7 Å². The summed E-state index contributed by atoms with van der Waals surface area (Å²) in [5, 5.41) is 2.85. The Balaban J connectivity index is 2.05. The van der Waals surface area contributed by atoms with Crippen LogP contribution in [-0.2, 0) is 0 Å². The highest BCUT2D eigenvalue weighted by Crippen LogP contribution is 2.25. The minimum Gasteiger partial charge on any atom is -0.494 e. The Morgan fingerprint density at radius 1 is 1.17 bits per heavy atom. The summed E-state index contributed by atoms with van der Waals surface area (Å²) in [6.45, 7) is 2.72. The molecule has 0 radical (unpaired) electrons. The van der Waals surface area contributed by atoms with Crippen LogP contribution in [0.4, 0.5) is 17.1 Å². The van der Waals surface area contributed by atoms with Crippen molar-refractivity contribution in [3.05, 3.63) is 48.0 Å². The van der Waals surface area contributed by atoms with Crippen molar-refractivity contribution < 1.29 is 9.53 Å². The predicted molar refractivity (Wildman–Crippen MR) is 95.4 cm³/mol. The molecule has 0 saturated carbocycles. The molecule has 1 amide bonds. The number of nitrogens with two attached hydrogens (primary N) is 1.